The van der Waals surface area contributed by atoms with E-state index < -0.39 is 0 Å². The molecule has 0 saturated carbocycles. The van der Waals surface area contributed by atoms with Crippen molar-refractivity contribution >= 4 is 51.0 Å². The largest absolute Gasteiger partial charge is 0.495 e. The summed E-state index contributed by atoms with van der Waals surface area (Å²) >= 11 is 9.13. The highest BCUT2D eigenvalue weighted by molar-refractivity contribution is 7.15. The number of anilines is 1. The van der Waals surface area contributed by atoms with Crippen molar-refractivity contribution in [3.8, 4) is 16.5 Å². The number of methoxy groups -OCH3 is 1. The topological polar surface area (TPSA) is 80.5 Å². The highest BCUT2D eigenvalue weighted by Gasteiger charge is 2.13. The number of aromatic nitrogens is 3. The Morgan fingerprint density at radius 2 is 2.21 bits per heavy atom. The van der Waals surface area contributed by atoms with E-state index in [4.69, 9.17) is 16.3 Å². The van der Waals surface area contributed by atoms with Gasteiger partial charge in [-0.2, -0.15) is 4.98 Å². The molecule has 3 aromatic heterocycles. The predicted octanol–water partition coefficient (Wildman–Crippen LogP) is 4.55. The van der Waals surface area contributed by atoms with E-state index in [9.17, 15) is 4.79 Å². The average Bonchev–Trinajstić information content (AvgIpc) is 3.39. The molecule has 0 unspecified atom stereocenters. The molecule has 0 aliphatic carbocycles. The number of halogens is 1. The molecule has 2 amide bonds. The molecule has 0 aliphatic heterocycles. The number of hydrogen-bond acceptors (Lipinski definition) is 6. The molecule has 7 nitrogen and oxygen atoms in total. The summed E-state index contributed by atoms with van der Waals surface area (Å²) < 4.78 is 7.06. The number of nitrogens with zero attached hydrogens (tertiary/aromatic N) is 3. The fourth-order valence-corrected chi connectivity index (χ4v) is 4.34. The third kappa shape index (κ3) is 3.96. The van der Waals surface area contributed by atoms with Gasteiger partial charge >= 0.3 is 6.03 Å². The number of thiophene rings is 1. The van der Waals surface area contributed by atoms with Gasteiger partial charge in [0.2, 0.25) is 4.96 Å². The number of benzene rings is 1. The first-order chi connectivity index (χ1) is 13.6. The number of urea groups is 1. The molecular formula is C18H16ClN5O2S2. The van der Waals surface area contributed by atoms with Gasteiger partial charge in [0.25, 0.3) is 0 Å². The summed E-state index contributed by atoms with van der Waals surface area (Å²) in [7, 11) is 1.54. The van der Waals surface area contributed by atoms with Gasteiger partial charge in [-0.25, -0.2) is 9.31 Å². The monoisotopic (exact) mass is 433 g/mol. The summed E-state index contributed by atoms with van der Waals surface area (Å²) in [5.41, 5.74) is 1.51. The van der Waals surface area contributed by atoms with Gasteiger partial charge in [-0.15, -0.1) is 27.8 Å². The van der Waals surface area contributed by atoms with Crippen molar-refractivity contribution in [2.24, 2.45) is 0 Å². The molecule has 4 aromatic rings. The number of carbonyl (C=O) groups is 1. The van der Waals surface area contributed by atoms with E-state index in [1.807, 2.05) is 27.4 Å². The maximum atomic E-state index is 12.2. The molecular weight excluding hydrogens is 418 g/mol. The lowest BCUT2D eigenvalue weighted by molar-refractivity contribution is 0.252. The normalized spacial score (nSPS) is 10.9. The van der Waals surface area contributed by atoms with Crippen molar-refractivity contribution in [1.82, 2.24) is 19.9 Å². The number of fused-ring (bicyclic) bond motifs is 1. The highest BCUT2D eigenvalue weighted by Crippen LogP contribution is 2.27. The number of carbonyl (C=O) groups excluding carboxylic acids is 1. The van der Waals surface area contributed by atoms with Gasteiger partial charge in [-0.05, 0) is 29.6 Å². The Labute approximate surface area is 173 Å². The van der Waals surface area contributed by atoms with Crippen LogP contribution in [0, 0.1) is 0 Å². The van der Waals surface area contributed by atoms with Crippen molar-refractivity contribution in [3.63, 3.8) is 0 Å². The molecule has 144 valence electrons. The first-order valence-corrected chi connectivity index (χ1v) is 10.5. The third-order valence-electron chi connectivity index (χ3n) is 3.97. The maximum Gasteiger partial charge on any atom is 0.319 e. The summed E-state index contributed by atoms with van der Waals surface area (Å²) in [5.74, 6) is 1.27. The lowest BCUT2D eigenvalue weighted by atomic mass is 10.3. The van der Waals surface area contributed by atoms with Crippen molar-refractivity contribution < 1.29 is 9.53 Å². The predicted molar refractivity (Wildman–Crippen MR) is 113 cm³/mol. The lowest BCUT2D eigenvalue weighted by Crippen LogP contribution is -2.30. The summed E-state index contributed by atoms with van der Waals surface area (Å²) in [6, 6.07) is 8.70. The van der Waals surface area contributed by atoms with Crippen LogP contribution in [-0.2, 0) is 6.42 Å². The standard InChI is InChI=1S/C18H16ClN5O2S2/c1-26-14-5-4-11(19)9-13(14)21-17(25)20-7-6-12-10-28-18-22-16(23-24(12)18)15-3-2-8-27-15/h2-5,8-10H,6-7H2,1H3,(H2,20,21,25). The molecule has 0 spiro atoms. The second kappa shape index (κ2) is 8.17. The molecule has 4 rings (SSSR count). The van der Waals surface area contributed by atoms with Crippen LogP contribution < -0.4 is 15.4 Å². The molecule has 0 bridgehead atoms. The van der Waals surface area contributed by atoms with Crippen molar-refractivity contribution in [3.05, 3.63) is 51.8 Å². The number of hydrogen-bond donors (Lipinski definition) is 2. The second-order valence-corrected chi connectivity index (χ2v) is 8.03. The van der Waals surface area contributed by atoms with E-state index in [0.717, 1.165) is 21.4 Å². The molecule has 1 aromatic carbocycles. The second-order valence-electron chi connectivity index (χ2n) is 5.81. The van der Waals surface area contributed by atoms with E-state index in [-0.39, 0.29) is 6.03 Å². The van der Waals surface area contributed by atoms with Crippen LogP contribution in [0.15, 0.2) is 41.1 Å². The Hall–Kier alpha value is -2.62. The van der Waals surface area contributed by atoms with Crippen molar-refractivity contribution in [2.75, 3.05) is 19.0 Å². The van der Waals surface area contributed by atoms with E-state index in [1.54, 1.807) is 29.5 Å². The fourth-order valence-electron chi connectivity index (χ4n) is 2.66. The van der Waals surface area contributed by atoms with Gasteiger partial charge in [0.05, 0.1) is 23.4 Å². The van der Waals surface area contributed by atoms with E-state index in [0.29, 0.717) is 29.4 Å². The van der Waals surface area contributed by atoms with Gasteiger partial charge in [0, 0.05) is 23.4 Å². The minimum absolute atomic E-state index is 0.329. The molecule has 0 saturated heterocycles. The SMILES string of the molecule is COc1ccc(Cl)cc1NC(=O)NCCc1csc2nc(-c3cccs3)nn12. The van der Waals surface area contributed by atoms with Crippen molar-refractivity contribution in [2.45, 2.75) is 6.42 Å². The first kappa shape index (κ1) is 18.7. The van der Waals surface area contributed by atoms with E-state index in [2.05, 4.69) is 20.7 Å². The molecule has 0 fully saturated rings. The van der Waals surface area contributed by atoms with Crippen LogP contribution in [-0.4, -0.2) is 34.3 Å². The zero-order valence-electron chi connectivity index (χ0n) is 14.8. The smallest absolute Gasteiger partial charge is 0.319 e. The summed E-state index contributed by atoms with van der Waals surface area (Å²) in [4.78, 5) is 18.6. The van der Waals surface area contributed by atoms with Crippen LogP contribution in [0.2, 0.25) is 5.02 Å². The first-order valence-electron chi connectivity index (χ1n) is 8.39. The molecule has 0 atom stereocenters. The van der Waals surface area contributed by atoms with E-state index >= 15 is 0 Å². The van der Waals surface area contributed by atoms with Gasteiger partial charge in [-0.3, -0.25) is 0 Å². The Morgan fingerprint density at radius 1 is 1.32 bits per heavy atom. The summed E-state index contributed by atoms with van der Waals surface area (Å²) in [5, 5.41) is 14.7. The number of nitrogens with one attached hydrogen (secondary N) is 2. The summed E-state index contributed by atoms with van der Waals surface area (Å²) in [6.45, 7) is 0.453. The maximum absolute atomic E-state index is 12.2. The van der Waals surface area contributed by atoms with Gasteiger partial charge in [0.15, 0.2) is 5.82 Å². The average molecular weight is 434 g/mol. The van der Waals surface area contributed by atoms with Crippen LogP contribution in [0.5, 0.6) is 5.75 Å². The molecule has 3 heterocycles. The summed E-state index contributed by atoms with van der Waals surface area (Å²) in [6.07, 6.45) is 0.632. The van der Waals surface area contributed by atoms with E-state index in [1.165, 1.54) is 18.4 Å². The van der Waals surface area contributed by atoms with Crippen LogP contribution in [0.25, 0.3) is 15.7 Å². The number of thiazole rings is 1. The highest BCUT2D eigenvalue weighted by atomic mass is 35.5. The van der Waals surface area contributed by atoms with Crippen LogP contribution in [0.4, 0.5) is 10.5 Å². The number of ether oxygens (including phenoxy) is 1. The molecule has 0 radical (unpaired) electrons. The zero-order chi connectivity index (χ0) is 19.5. The fraction of sp³-hybridized carbons (Fsp3) is 0.167. The molecule has 2 N–H and O–H groups in total. The van der Waals surface area contributed by atoms with Gasteiger partial charge in [-0.1, -0.05) is 17.7 Å². The Morgan fingerprint density at radius 3 is 3.00 bits per heavy atom. The minimum atomic E-state index is -0.329. The van der Waals surface area contributed by atoms with Crippen LogP contribution >= 0.6 is 34.3 Å². The minimum Gasteiger partial charge on any atom is -0.495 e. The number of rotatable bonds is 6. The van der Waals surface area contributed by atoms with Gasteiger partial charge < -0.3 is 15.4 Å². The zero-order valence-corrected chi connectivity index (χ0v) is 17.2. The van der Waals surface area contributed by atoms with Gasteiger partial charge in [0.1, 0.15) is 5.75 Å². The van der Waals surface area contributed by atoms with Crippen molar-refractivity contribution in [1.29, 1.82) is 0 Å². The number of amides is 2. The molecule has 28 heavy (non-hydrogen) atoms. The Kier molecular flexibility index (Phi) is 5.47. The lowest BCUT2D eigenvalue weighted by Gasteiger charge is -2.11. The Balaban J connectivity index is 1.37. The van der Waals surface area contributed by atoms with Crippen LogP contribution in [0.3, 0.4) is 0 Å². The quantitative estimate of drug-likeness (QED) is 0.467. The molecule has 10 heteroatoms. The van der Waals surface area contributed by atoms with Crippen LogP contribution in [0.1, 0.15) is 5.69 Å². The Bertz CT molecular complexity index is 1110. The molecule has 0 aliphatic rings. The third-order valence-corrected chi connectivity index (χ3v) is 5.93.